The summed E-state index contributed by atoms with van der Waals surface area (Å²) in [6.07, 6.45) is 1.57. The molecule has 0 aromatic heterocycles. The van der Waals surface area contributed by atoms with E-state index in [0.717, 1.165) is 6.26 Å². The molecule has 20 heavy (non-hydrogen) atoms. The van der Waals surface area contributed by atoms with Gasteiger partial charge in [-0.2, -0.15) is 0 Å². The van der Waals surface area contributed by atoms with Crippen molar-refractivity contribution in [2.75, 3.05) is 18.6 Å². The predicted octanol–water partition coefficient (Wildman–Crippen LogP) is 0.183. The van der Waals surface area contributed by atoms with E-state index in [9.17, 15) is 18.0 Å². The van der Waals surface area contributed by atoms with Gasteiger partial charge in [0.25, 0.3) is 0 Å². The molecule has 0 aromatic carbocycles. The second kappa shape index (κ2) is 5.71. The third kappa shape index (κ3) is 3.31. The molecule has 1 aliphatic rings. The third-order valence-electron chi connectivity index (χ3n) is 3.94. The van der Waals surface area contributed by atoms with Crippen LogP contribution in [-0.4, -0.2) is 55.3 Å². The molecule has 116 valence electrons. The van der Waals surface area contributed by atoms with Gasteiger partial charge in [-0.05, 0) is 19.3 Å². The molecule has 0 aliphatic carbocycles. The Labute approximate surface area is 120 Å². The predicted molar refractivity (Wildman–Crippen MR) is 76.9 cm³/mol. The average Bonchev–Trinajstić information content (AvgIpc) is 2.31. The summed E-state index contributed by atoms with van der Waals surface area (Å²) in [5, 5.41) is 2.75. The molecule has 7 heteroatoms. The molecule has 0 spiro atoms. The molecule has 2 unspecified atom stereocenters. The van der Waals surface area contributed by atoms with E-state index in [4.69, 9.17) is 0 Å². The van der Waals surface area contributed by atoms with E-state index in [1.165, 1.54) is 4.90 Å². The molecule has 0 bridgehead atoms. The molecule has 1 heterocycles. The average molecular weight is 304 g/mol. The van der Waals surface area contributed by atoms with Crippen LogP contribution in [0.5, 0.6) is 0 Å². The second-order valence-corrected chi connectivity index (χ2v) is 8.20. The minimum absolute atomic E-state index is 0.0337. The number of nitrogens with one attached hydrogen (secondary N) is 1. The molecule has 0 aromatic rings. The largest absolute Gasteiger partial charge is 0.342 e. The highest BCUT2D eigenvalue weighted by atomic mass is 32.2. The fraction of sp³-hybridized carbons (Fsp3) is 0.846. The highest BCUT2D eigenvalue weighted by Gasteiger charge is 2.48. The van der Waals surface area contributed by atoms with Crippen LogP contribution in [0, 0.1) is 5.92 Å². The van der Waals surface area contributed by atoms with Crippen molar-refractivity contribution < 1.29 is 18.0 Å². The monoisotopic (exact) mass is 304 g/mol. The van der Waals surface area contributed by atoms with Crippen molar-refractivity contribution in [2.24, 2.45) is 5.92 Å². The van der Waals surface area contributed by atoms with Crippen molar-refractivity contribution in [3.63, 3.8) is 0 Å². The zero-order valence-electron chi connectivity index (χ0n) is 12.8. The van der Waals surface area contributed by atoms with Crippen LogP contribution < -0.4 is 5.32 Å². The van der Waals surface area contributed by atoms with Crippen LogP contribution in [0.1, 0.15) is 34.1 Å². The molecule has 0 saturated carbocycles. The quantitative estimate of drug-likeness (QED) is 0.785. The maximum atomic E-state index is 12.5. The normalized spacial score (nSPS) is 27.9. The number of hydrogen-bond acceptors (Lipinski definition) is 4. The lowest BCUT2D eigenvalue weighted by Gasteiger charge is -2.46. The van der Waals surface area contributed by atoms with Crippen molar-refractivity contribution in [1.29, 1.82) is 0 Å². The summed E-state index contributed by atoms with van der Waals surface area (Å²) < 4.78 is 22.7. The zero-order chi connectivity index (χ0) is 15.7. The molecule has 1 rings (SSSR count). The zero-order valence-corrected chi connectivity index (χ0v) is 13.6. The van der Waals surface area contributed by atoms with Gasteiger partial charge in [0.2, 0.25) is 11.8 Å². The summed E-state index contributed by atoms with van der Waals surface area (Å²) in [6.45, 7) is 7.26. The van der Waals surface area contributed by atoms with E-state index in [1.807, 2.05) is 20.8 Å². The molecule has 2 amide bonds. The summed E-state index contributed by atoms with van der Waals surface area (Å²) in [6, 6.07) is -0.582. The van der Waals surface area contributed by atoms with Gasteiger partial charge >= 0.3 is 0 Å². The molecular formula is C13H24N2O4S. The van der Waals surface area contributed by atoms with Crippen molar-refractivity contribution in [1.82, 2.24) is 10.2 Å². The van der Waals surface area contributed by atoms with Crippen LogP contribution in [0.4, 0.5) is 0 Å². The first kappa shape index (κ1) is 16.9. The lowest BCUT2D eigenvalue weighted by atomic mass is 9.88. The van der Waals surface area contributed by atoms with Crippen LogP contribution in [-0.2, 0) is 19.4 Å². The first-order valence-corrected chi connectivity index (χ1v) is 8.89. The Morgan fingerprint density at radius 1 is 1.35 bits per heavy atom. The summed E-state index contributed by atoms with van der Waals surface area (Å²) in [5.74, 6) is -0.583. The van der Waals surface area contributed by atoms with E-state index in [2.05, 4.69) is 5.32 Å². The molecule has 1 fully saturated rings. The van der Waals surface area contributed by atoms with Crippen LogP contribution in [0.3, 0.4) is 0 Å². The maximum Gasteiger partial charge on any atom is 0.246 e. The number of nitrogens with zero attached hydrogens (tertiary/aromatic N) is 1. The summed E-state index contributed by atoms with van der Waals surface area (Å²) in [4.78, 5) is 26.2. The van der Waals surface area contributed by atoms with Crippen LogP contribution in [0.2, 0.25) is 0 Å². The Morgan fingerprint density at radius 2 is 1.90 bits per heavy atom. The van der Waals surface area contributed by atoms with Gasteiger partial charge in [0.1, 0.15) is 21.4 Å². The molecule has 6 nitrogen and oxygen atoms in total. The molecular weight excluding hydrogens is 280 g/mol. The Kier molecular flexibility index (Phi) is 4.84. The van der Waals surface area contributed by atoms with Gasteiger partial charge in [-0.15, -0.1) is 0 Å². The number of sulfone groups is 1. The Bertz CT molecular complexity index is 501. The summed E-state index contributed by atoms with van der Waals surface area (Å²) in [5.41, 5.74) is -0.979. The van der Waals surface area contributed by atoms with E-state index in [0.29, 0.717) is 6.42 Å². The fourth-order valence-electron chi connectivity index (χ4n) is 2.31. The molecule has 1 saturated heterocycles. The summed E-state index contributed by atoms with van der Waals surface area (Å²) >= 11 is 0. The van der Waals surface area contributed by atoms with Gasteiger partial charge < -0.3 is 10.2 Å². The molecule has 1 N–H and O–H groups in total. The standard InChI is InChI=1S/C13H24N2O4S/c1-6-13(4)12(17)14-10(9(2)3)11(16)15(13)7-8-20(5,18)19/h9-10H,6-8H2,1-5H3,(H,14,17). The summed E-state index contributed by atoms with van der Waals surface area (Å²) in [7, 11) is -3.19. The van der Waals surface area contributed by atoms with Crippen molar-refractivity contribution in [3.05, 3.63) is 0 Å². The van der Waals surface area contributed by atoms with E-state index in [-0.39, 0.29) is 30.0 Å². The Balaban J connectivity index is 3.09. The van der Waals surface area contributed by atoms with Crippen molar-refractivity contribution >= 4 is 21.7 Å². The highest BCUT2D eigenvalue weighted by molar-refractivity contribution is 7.90. The minimum atomic E-state index is -3.19. The van der Waals surface area contributed by atoms with Crippen LogP contribution in [0.25, 0.3) is 0 Å². The number of carbonyl (C=O) groups excluding carboxylic acids is 2. The molecule has 0 radical (unpaired) electrons. The van der Waals surface area contributed by atoms with Gasteiger partial charge in [-0.3, -0.25) is 9.59 Å². The molecule has 2 atom stereocenters. The van der Waals surface area contributed by atoms with Crippen LogP contribution >= 0.6 is 0 Å². The number of carbonyl (C=O) groups is 2. The van der Waals surface area contributed by atoms with E-state index in [1.54, 1.807) is 6.92 Å². The topological polar surface area (TPSA) is 83.6 Å². The van der Waals surface area contributed by atoms with Gasteiger partial charge in [0.05, 0.1) is 5.75 Å². The second-order valence-electron chi connectivity index (χ2n) is 5.94. The smallest absolute Gasteiger partial charge is 0.246 e. The van der Waals surface area contributed by atoms with Crippen molar-refractivity contribution in [2.45, 2.75) is 45.7 Å². The first-order valence-electron chi connectivity index (χ1n) is 6.83. The minimum Gasteiger partial charge on any atom is -0.342 e. The lowest BCUT2D eigenvalue weighted by Crippen LogP contribution is -2.70. The number of hydrogen-bond donors (Lipinski definition) is 1. The first-order chi connectivity index (χ1) is 9.03. The SMILES string of the molecule is CCC1(C)C(=O)NC(C(C)C)C(=O)N1CCS(C)(=O)=O. The molecule has 1 aliphatic heterocycles. The van der Waals surface area contributed by atoms with E-state index < -0.39 is 21.4 Å². The van der Waals surface area contributed by atoms with Gasteiger partial charge in [0, 0.05) is 12.8 Å². The number of rotatable bonds is 5. The maximum absolute atomic E-state index is 12.5. The van der Waals surface area contributed by atoms with Crippen molar-refractivity contribution in [3.8, 4) is 0 Å². The fourth-order valence-corrected chi connectivity index (χ4v) is 2.82. The van der Waals surface area contributed by atoms with Gasteiger partial charge in [-0.25, -0.2) is 8.42 Å². The number of amides is 2. The highest BCUT2D eigenvalue weighted by Crippen LogP contribution is 2.26. The Hall–Kier alpha value is -1.11. The third-order valence-corrected chi connectivity index (χ3v) is 4.87. The lowest BCUT2D eigenvalue weighted by molar-refractivity contribution is -0.157. The van der Waals surface area contributed by atoms with Gasteiger partial charge in [-0.1, -0.05) is 20.8 Å². The Morgan fingerprint density at radius 3 is 2.30 bits per heavy atom. The van der Waals surface area contributed by atoms with Crippen LogP contribution in [0.15, 0.2) is 0 Å². The van der Waals surface area contributed by atoms with E-state index >= 15 is 0 Å². The number of piperazine rings is 1. The van der Waals surface area contributed by atoms with Gasteiger partial charge in [0.15, 0.2) is 0 Å².